The Morgan fingerprint density at radius 2 is 1.78 bits per heavy atom. The van der Waals surface area contributed by atoms with Gasteiger partial charge in [-0.3, -0.25) is 4.79 Å². The van der Waals surface area contributed by atoms with E-state index in [-0.39, 0.29) is 35.6 Å². The summed E-state index contributed by atoms with van der Waals surface area (Å²) in [5.74, 6) is -2.01. The van der Waals surface area contributed by atoms with Crippen molar-refractivity contribution in [1.82, 2.24) is 5.32 Å². The molecule has 18 heavy (non-hydrogen) atoms. The average Bonchev–Trinajstić information content (AvgIpc) is 2.64. The van der Waals surface area contributed by atoms with E-state index in [0.29, 0.717) is 0 Å². The molecule has 1 amide bonds. The predicted octanol–water partition coefficient (Wildman–Crippen LogP) is 1.64. The van der Waals surface area contributed by atoms with Gasteiger partial charge in [0.15, 0.2) is 0 Å². The third-order valence-corrected chi connectivity index (χ3v) is 2.65. The van der Waals surface area contributed by atoms with Crippen LogP contribution in [0.5, 0.6) is 0 Å². The molecule has 0 radical (unpaired) electrons. The minimum Gasteiger partial charge on any atom is -0.355 e. The first kappa shape index (κ1) is 14.3. The molecule has 1 heterocycles. The minimum atomic E-state index is -0.693. The van der Waals surface area contributed by atoms with E-state index in [1.807, 2.05) is 0 Å². The maximum absolute atomic E-state index is 13.4. The normalized spacial score (nSPS) is 17.5. The van der Waals surface area contributed by atoms with Gasteiger partial charge in [-0.25, -0.2) is 8.78 Å². The molecule has 4 nitrogen and oxygen atoms in total. The molecule has 1 aromatic rings. The van der Waals surface area contributed by atoms with Gasteiger partial charge in [0.25, 0.3) is 0 Å². The molecule has 0 spiro atoms. The zero-order valence-corrected chi connectivity index (χ0v) is 9.76. The van der Waals surface area contributed by atoms with Crippen molar-refractivity contribution in [3.8, 4) is 0 Å². The lowest BCUT2D eigenvalue weighted by Crippen LogP contribution is -2.14. The molecule has 2 rings (SSSR count). The molecule has 1 aromatic carbocycles. The number of hydrogen-bond acceptors (Lipinski definition) is 3. The lowest BCUT2D eigenvalue weighted by atomic mass is 9.97. The second-order valence-electron chi connectivity index (χ2n) is 3.57. The maximum Gasteiger partial charge on any atom is 0.373 e. The molecule has 1 fully saturated rings. The summed E-state index contributed by atoms with van der Waals surface area (Å²) in [4.78, 5) is 27.2. The van der Waals surface area contributed by atoms with Crippen molar-refractivity contribution in [3.63, 3.8) is 0 Å². The fourth-order valence-electron chi connectivity index (χ4n) is 1.75. The van der Waals surface area contributed by atoms with Crippen LogP contribution >= 0.6 is 11.6 Å². The van der Waals surface area contributed by atoms with Gasteiger partial charge in [-0.1, -0.05) is 11.6 Å². The number of carbonyl (C=O) groups is 1. The van der Waals surface area contributed by atoms with Crippen molar-refractivity contribution in [3.05, 3.63) is 34.4 Å². The average molecular weight is 276 g/mol. The Kier molecular flexibility index (Phi) is 4.95. The van der Waals surface area contributed by atoms with Crippen molar-refractivity contribution in [2.45, 2.75) is 12.3 Å². The van der Waals surface area contributed by atoms with Crippen LogP contribution in [-0.4, -0.2) is 18.6 Å². The highest BCUT2D eigenvalue weighted by molar-refractivity contribution is 6.30. The maximum atomic E-state index is 13.4. The van der Waals surface area contributed by atoms with Gasteiger partial charge in [0.05, 0.1) is 0 Å². The molecule has 0 aliphatic carbocycles. The number of benzene rings is 1. The van der Waals surface area contributed by atoms with E-state index < -0.39 is 17.6 Å². The van der Waals surface area contributed by atoms with E-state index in [1.165, 1.54) is 0 Å². The van der Waals surface area contributed by atoms with Gasteiger partial charge < -0.3 is 5.32 Å². The zero-order chi connectivity index (χ0) is 13.7. The van der Waals surface area contributed by atoms with Crippen LogP contribution in [0, 0.1) is 11.6 Å². The number of carbonyl (C=O) groups excluding carboxylic acids is 3. The molecule has 1 N–H and O–H groups in total. The standard InChI is InChI=1S/C10H8ClF2NO.CO2/c11-6-2-7(12)10(8(13)3-6)5-1-9(15)14-4-5;2-1-3/h2-3,5H,1,4H2,(H,14,15);/t5-;/m0./s1. The number of hydrogen-bond donors (Lipinski definition) is 1. The summed E-state index contributed by atoms with van der Waals surface area (Å²) in [6, 6.07) is 2.12. The second kappa shape index (κ2) is 6.23. The van der Waals surface area contributed by atoms with E-state index in [4.69, 9.17) is 21.2 Å². The highest BCUT2D eigenvalue weighted by Crippen LogP contribution is 2.29. The van der Waals surface area contributed by atoms with E-state index in [0.717, 1.165) is 12.1 Å². The Morgan fingerprint density at radius 1 is 1.28 bits per heavy atom. The summed E-state index contributed by atoms with van der Waals surface area (Å²) in [7, 11) is 0. The lowest BCUT2D eigenvalue weighted by molar-refractivity contribution is -0.191. The summed E-state index contributed by atoms with van der Waals surface area (Å²) in [6.45, 7) is 0.272. The molecule has 1 aliphatic rings. The first-order chi connectivity index (χ1) is 8.49. The van der Waals surface area contributed by atoms with Crippen LogP contribution in [0.25, 0.3) is 0 Å². The van der Waals surface area contributed by atoms with E-state index in [9.17, 15) is 13.6 Å². The minimum absolute atomic E-state index is 0.0195. The predicted molar refractivity (Wildman–Crippen MR) is 56.7 cm³/mol. The van der Waals surface area contributed by atoms with Crippen LogP contribution in [0.1, 0.15) is 17.9 Å². The number of rotatable bonds is 1. The van der Waals surface area contributed by atoms with E-state index in [1.54, 1.807) is 0 Å². The highest BCUT2D eigenvalue weighted by Gasteiger charge is 2.28. The number of halogens is 3. The van der Waals surface area contributed by atoms with Crippen LogP contribution in [0.15, 0.2) is 12.1 Å². The molecule has 1 atom stereocenters. The van der Waals surface area contributed by atoms with Crippen molar-refractivity contribution >= 4 is 23.7 Å². The van der Waals surface area contributed by atoms with Crippen LogP contribution in [-0.2, 0) is 14.4 Å². The number of amides is 1. The second-order valence-corrected chi connectivity index (χ2v) is 4.01. The van der Waals surface area contributed by atoms with Gasteiger partial charge in [-0.15, -0.1) is 0 Å². The van der Waals surface area contributed by atoms with Crippen LogP contribution in [0.4, 0.5) is 8.78 Å². The Labute approximate surface area is 106 Å². The van der Waals surface area contributed by atoms with Gasteiger partial charge in [0, 0.05) is 29.5 Å². The van der Waals surface area contributed by atoms with Crippen molar-refractivity contribution < 1.29 is 23.2 Å². The van der Waals surface area contributed by atoms with Crippen LogP contribution in [0.3, 0.4) is 0 Å². The third-order valence-electron chi connectivity index (χ3n) is 2.43. The van der Waals surface area contributed by atoms with E-state index >= 15 is 0 Å². The molecule has 1 saturated heterocycles. The molecule has 96 valence electrons. The Hall–Kier alpha value is -1.78. The SMILES string of the molecule is O=C1C[C@H](c2c(F)cc(Cl)cc2F)CN1.O=C=O. The topological polar surface area (TPSA) is 63.2 Å². The van der Waals surface area contributed by atoms with Gasteiger partial charge in [-0.2, -0.15) is 9.59 Å². The molecule has 7 heteroatoms. The van der Waals surface area contributed by atoms with Gasteiger partial charge in [0.2, 0.25) is 5.91 Å². The summed E-state index contributed by atoms with van der Waals surface area (Å²) >= 11 is 5.50. The summed E-state index contributed by atoms with van der Waals surface area (Å²) in [5, 5.41) is 2.55. The van der Waals surface area contributed by atoms with E-state index in [2.05, 4.69) is 5.32 Å². The molecular formula is C11H8ClF2NO3. The molecule has 0 saturated carbocycles. The zero-order valence-electron chi connectivity index (χ0n) is 9.00. The molecule has 0 bridgehead atoms. The highest BCUT2D eigenvalue weighted by atomic mass is 35.5. The molecule has 1 aliphatic heterocycles. The summed E-state index contributed by atoms with van der Waals surface area (Å²) in [5.41, 5.74) is -0.0576. The third kappa shape index (κ3) is 3.35. The smallest absolute Gasteiger partial charge is 0.355 e. The molecule has 0 unspecified atom stereocenters. The fourth-order valence-corrected chi connectivity index (χ4v) is 1.94. The first-order valence-electron chi connectivity index (χ1n) is 4.90. The van der Waals surface area contributed by atoms with Crippen molar-refractivity contribution in [2.24, 2.45) is 0 Å². The molecular weight excluding hydrogens is 268 g/mol. The Balaban J connectivity index is 0.000000492. The Bertz CT molecular complexity index is 478. The van der Waals surface area contributed by atoms with Gasteiger partial charge in [0.1, 0.15) is 11.6 Å². The number of nitrogens with one attached hydrogen (secondary N) is 1. The monoisotopic (exact) mass is 275 g/mol. The largest absolute Gasteiger partial charge is 0.373 e. The van der Waals surface area contributed by atoms with Crippen LogP contribution in [0.2, 0.25) is 5.02 Å². The fraction of sp³-hybridized carbons (Fsp3) is 0.273. The van der Waals surface area contributed by atoms with Crippen LogP contribution < -0.4 is 5.32 Å². The van der Waals surface area contributed by atoms with Crippen molar-refractivity contribution in [2.75, 3.05) is 6.54 Å². The summed E-state index contributed by atoms with van der Waals surface area (Å²) in [6.07, 6.45) is 0.371. The van der Waals surface area contributed by atoms with Gasteiger partial charge in [-0.05, 0) is 12.1 Å². The van der Waals surface area contributed by atoms with Crippen molar-refractivity contribution in [1.29, 1.82) is 0 Å². The Morgan fingerprint density at radius 3 is 2.17 bits per heavy atom. The lowest BCUT2D eigenvalue weighted by Gasteiger charge is -2.10. The quantitative estimate of drug-likeness (QED) is 0.847. The first-order valence-corrected chi connectivity index (χ1v) is 5.27. The van der Waals surface area contributed by atoms with Gasteiger partial charge >= 0.3 is 6.15 Å². The summed E-state index contributed by atoms with van der Waals surface area (Å²) < 4.78 is 26.9. The molecule has 0 aromatic heterocycles.